The Labute approximate surface area is 80.5 Å². The molecule has 0 aromatic carbocycles. The van der Waals surface area contributed by atoms with E-state index in [2.05, 4.69) is 4.74 Å². The number of carbonyl (C=O) groups excluding carboxylic acids is 1. The van der Waals surface area contributed by atoms with E-state index in [-0.39, 0.29) is 6.10 Å². The van der Waals surface area contributed by atoms with Crippen LogP contribution in [-0.2, 0) is 14.3 Å². The van der Waals surface area contributed by atoms with Crippen molar-refractivity contribution in [2.45, 2.75) is 12.2 Å². The van der Waals surface area contributed by atoms with Crippen LogP contribution in [0.3, 0.4) is 0 Å². The van der Waals surface area contributed by atoms with E-state index in [9.17, 15) is 10.0 Å². The second kappa shape index (κ2) is 3.26. The summed E-state index contributed by atoms with van der Waals surface area (Å²) in [6.45, 7) is 0. The zero-order valence-corrected chi connectivity index (χ0v) is 7.54. The van der Waals surface area contributed by atoms with Crippen molar-refractivity contribution in [2.24, 2.45) is 0 Å². The van der Waals surface area contributed by atoms with Crippen LogP contribution in [-0.4, -0.2) is 19.2 Å². The van der Waals surface area contributed by atoms with E-state index in [4.69, 9.17) is 4.74 Å². The van der Waals surface area contributed by atoms with Gasteiger partial charge in [0.15, 0.2) is 18.5 Å². The summed E-state index contributed by atoms with van der Waals surface area (Å²) in [5.74, 6) is -0.406. The van der Waals surface area contributed by atoms with Gasteiger partial charge >= 0.3 is 5.97 Å². The maximum absolute atomic E-state index is 11.0. The molecule has 0 radical (unpaired) electrons. The molecule has 2 atom stereocenters. The quantitative estimate of drug-likeness (QED) is 0.287. The molecular formula is C9H9NO4. The van der Waals surface area contributed by atoms with E-state index < -0.39 is 12.1 Å². The molecule has 0 spiro atoms. The van der Waals surface area contributed by atoms with Crippen LogP contribution in [0.1, 0.15) is 11.7 Å². The Balaban J connectivity index is 2.09. The van der Waals surface area contributed by atoms with Crippen molar-refractivity contribution >= 4 is 5.97 Å². The van der Waals surface area contributed by atoms with Crippen LogP contribution in [0, 0.1) is 5.21 Å². The van der Waals surface area contributed by atoms with Crippen LogP contribution < -0.4 is 4.73 Å². The number of pyridine rings is 1. The highest BCUT2D eigenvalue weighted by molar-refractivity contribution is 5.78. The number of carbonyl (C=O) groups is 1. The summed E-state index contributed by atoms with van der Waals surface area (Å²) in [5.41, 5.74) is 0.693. The molecule has 14 heavy (non-hydrogen) atoms. The number of hydrogen-bond acceptors (Lipinski definition) is 4. The van der Waals surface area contributed by atoms with Gasteiger partial charge < -0.3 is 14.7 Å². The lowest BCUT2D eigenvalue weighted by Crippen LogP contribution is -2.24. The van der Waals surface area contributed by atoms with Crippen LogP contribution in [0.25, 0.3) is 0 Å². The van der Waals surface area contributed by atoms with Gasteiger partial charge in [0, 0.05) is 11.6 Å². The highest BCUT2D eigenvalue weighted by atomic mass is 16.6. The molecule has 1 saturated heterocycles. The molecule has 0 N–H and O–H groups in total. The first-order valence-electron chi connectivity index (χ1n) is 4.14. The molecule has 1 aliphatic rings. The van der Waals surface area contributed by atoms with Crippen molar-refractivity contribution in [1.29, 1.82) is 0 Å². The second-order valence-corrected chi connectivity index (χ2v) is 3.00. The third-order valence-electron chi connectivity index (χ3n) is 2.05. The Kier molecular flexibility index (Phi) is 2.09. The third-order valence-corrected chi connectivity index (χ3v) is 2.05. The maximum atomic E-state index is 11.0. The van der Waals surface area contributed by atoms with E-state index in [1.807, 2.05) is 0 Å². The van der Waals surface area contributed by atoms with Gasteiger partial charge in [-0.05, 0) is 6.07 Å². The molecule has 2 unspecified atom stereocenters. The van der Waals surface area contributed by atoms with Gasteiger partial charge in [-0.15, -0.1) is 0 Å². The molecule has 0 saturated carbocycles. The molecule has 2 rings (SSSR count). The van der Waals surface area contributed by atoms with E-state index in [0.29, 0.717) is 10.3 Å². The third kappa shape index (κ3) is 1.54. The van der Waals surface area contributed by atoms with E-state index in [0.717, 1.165) is 0 Å². The zero-order chi connectivity index (χ0) is 10.1. The summed E-state index contributed by atoms with van der Waals surface area (Å²) in [4.78, 5) is 11.0. The number of ether oxygens (including phenoxy) is 2. The Hall–Kier alpha value is -1.62. The number of rotatable bonds is 2. The van der Waals surface area contributed by atoms with Gasteiger partial charge in [0.2, 0.25) is 0 Å². The molecule has 1 aromatic heterocycles. The van der Waals surface area contributed by atoms with Crippen LogP contribution in [0.2, 0.25) is 0 Å². The van der Waals surface area contributed by atoms with Crippen molar-refractivity contribution < 1.29 is 19.0 Å². The van der Waals surface area contributed by atoms with Crippen LogP contribution in [0.5, 0.6) is 0 Å². The molecule has 0 bridgehead atoms. The average molecular weight is 195 g/mol. The first-order valence-corrected chi connectivity index (χ1v) is 4.14. The van der Waals surface area contributed by atoms with Gasteiger partial charge in [-0.2, -0.15) is 4.73 Å². The van der Waals surface area contributed by atoms with Gasteiger partial charge in [0.1, 0.15) is 6.10 Å². The van der Waals surface area contributed by atoms with Gasteiger partial charge in [-0.3, -0.25) is 0 Å². The summed E-state index contributed by atoms with van der Waals surface area (Å²) in [7, 11) is 1.31. The van der Waals surface area contributed by atoms with Crippen LogP contribution >= 0.6 is 0 Å². The Morgan fingerprint density at radius 1 is 1.71 bits per heavy atom. The zero-order valence-electron chi connectivity index (χ0n) is 7.54. The minimum Gasteiger partial charge on any atom is -0.619 e. The standard InChI is InChI=1S/C9H9NO4/c1-13-9(11)8-7(14-8)6-3-2-4-10(12)5-6/h2-5,7-8H,1H3. The predicted molar refractivity (Wildman–Crippen MR) is 45.0 cm³/mol. The lowest BCUT2D eigenvalue weighted by molar-refractivity contribution is -0.605. The average Bonchev–Trinajstić information content (AvgIpc) is 2.96. The minimum atomic E-state index is -0.553. The summed E-state index contributed by atoms with van der Waals surface area (Å²) in [5, 5.41) is 10.9. The first kappa shape index (κ1) is 8.96. The molecule has 2 heterocycles. The van der Waals surface area contributed by atoms with Crippen LogP contribution in [0.15, 0.2) is 24.5 Å². The molecule has 5 heteroatoms. The number of methoxy groups -OCH3 is 1. The molecule has 1 fully saturated rings. The minimum absolute atomic E-state index is 0.330. The fraction of sp³-hybridized carbons (Fsp3) is 0.333. The molecular weight excluding hydrogens is 186 g/mol. The summed E-state index contributed by atoms with van der Waals surface area (Å²) in [6, 6.07) is 3.35. The molecule has 0 amide bonds. The highest BCUT2D eigenvalue weighted by Gasteiger charge is 2.48. The second-order valence-electron chi connectivity index (χ2n) is 3.00. The molecule has 0 aliphatic carbocycles. The van der Waals surface area contributed by atoms with Gasteiger partial charge in [0.05, 0.1) is 7.11 Å². The number of esters is 1. The fourth-order valence-corrected chi connectivity index (χ4v) is 1.30. The summed E-state index contributed by atoms with van der Waals surface area (Å²) >= 11 is 0. The van der Waals surface area contributed by atoms with E-state index in [1.54, 1.807) is 12.1 Å². The Bertz CT molecular complexity index is 366. The highest BCUT2D eigenvalue weighted by Crippen LogP contribution is 2.38. The van der Waals surface area contributed by atoms with Crippen molar-refractivity contribution in [3.05, 3.63) is 35.3 Å². The first-order chi connectivity index (χ1) is 6.72. The van der Waals surface area contributed by atoms with Crippen LogP contribution in [0.4, 0.5) is 0 Å². The molecule has 5 nitrogen and oxygen atoms in total. The van der Waals surface area contributed by atoms with Gasteiger partial charge in [-0.25, -0.2) is 4.79 Å². The topological polar surface area (TPSA) is 65.8 Å². The van der Waals surface area contributed by atoms with E-state index >= 15 is 0 Å². The van der Waals surface area contributed by atoms with E-state index in [1.165, 1.54) is 19.5 Å². The maximum Gasteiger partial charge on any atom is 0.338 e. The van der Waals surface area contributed by atoms with Crippen molar-refractivity contribution in [3.8, 4) is 0 Å². The summed E-state index contributed by atoms with van der Waals surface area (Å²) in [6.07, 6.45) is 1.87. The summed E-state index contributed by atoms with van der Waals surface area (Å²) < 4.78 is 10.3. The smallest absolute Gasteiger partial charge is 0.338 e. The number of hydrogen-bond donors (Lipinski definition) is 0. The molecule has 74 valence electrons. The Morgan fingerprint density at radius 3 is 3.14 bits per heavy atom. The normalized spacial score (nSPS) is 24.4. The molecule has 1 aromatic rings. The lowest BCUT2D eigenvalue weighted by atomic mass is 10.1. The van der Waals surface area contributed by atoms with Crippen molar-refractivity contribution in [3.63, 3.8) is 0 Å². The Morgan fingerprint density at radius 2 is 2.50 bits per heavy atom. The SMILES string of the molecule is COC(=O)C1OC1c1ccc[n+]([O-])c1. The van der Waals surface area contributed by atoms with Crippen molar-refractivity contribution in [2.75, 3.05) is 7.11 Å². The number of epoxide rings is 1. The van der Waals surface area contributed by atoms with Crippen molar-refractivity contribution in [1.82, 2.24) is 0 Å². The van der Waals surface area contributed by atoms with Gasteiger partial charge in [-0.1, -0.05) is 0 Å². The number of aromatic nitrogens is 1. The predicted octanol–water partition coefficient (Wildman–Crippen LogP) is -0.0671. The number of nitrogens with zero attached hydrogens (tertiary/aromatic N) is 1. The monoisotopic (exact) mass is 195 g/mol. The largest absolute Gasteiger partial charge is 0.619 e. The molecule has 1 aliphatic heterocycles. The van der Waals surface area contributed by atoms with Gasteiger partial charge in [0.25, 0.3) is 0 Å². The fourth-order valence-electron chi connectivity index (χ4n) is 1.30. The lowest BCUT2D eigenvalue weighted by Gasteiger charge is -1.96.